The van der Waals surface area contributed by atoms with Crippen LogP contribution in [0.25, 0.3) is 11.3 Å². The number of pyridine rings is 1. The number of esters is 2. The van der Waals surface area contributed by atoms with Crippen LogP contribution in [0, 0.1) is 30.1 Å². The molecule has 0 spiro atoms. The molecule has 9 nitrogen and oxygen atoms in total. The van der Waals surface area contributed by atoms with Crippen LogP contribution in [0.1, 0.15) is 74.5 Å². The van der Waals surface area contributed by atoms with Crippen LogP contribution < -0.4 is 10.4 Å². The Morgan fingerprint density at radius 3 is 2.58 bits per heavy atom. The molecule has 43 heavy (non-hydrogen) atoms. The molecule has 0 amide bonds. The van der Waals surface area contributed by atoms with Crippen LogP contribution in [0.2, 0.25) is 0 Å². The molecule has 1 aromatic carbocycles. The first kappa shape index (κ1) is 29.1. The molecule has 2 saturated carbocycles. The lowest BCUT2D eigenvalue weighted by Gasteiger charge is -2.64. The normalized spacial score (nSPS) is 32.8. The van der Waals surface area contributed by atoms with Crippen molar-refractivity contribution >= 4 is 11.9 Å². The number of aliphatic hydroxyl groups excluding tert-OH is 1. The number of hydrogen-bond acceptors (Lipinski definition) is 9. The summed E-state index contributed by atoms with van der Waals surface area (Å²) in [6.07, 6.45) is 2.51. The number of carbonyl (C=O) groups is 2. The first-order valence-corrected chi connectivity index (χ1v) is 14.8. The standard InChI is InChI=1S/C34H37NO8/c1-18-9-6-7-11-22(18)31(38)42-27-15-23-19(2)24(40-20(3)36)12-13-33(23,4)30-29(37)28-26(43-34(27,30)5)16-25(41-32(28)39)21-10-8-14-35-17-21/h6-11,14,16-17,19,23-24,27,29-30,37H,12-13,15H2,1-5H3. The zero-order chi connectivity index (χ0) is 30.7. The van der Waals surface area contributed by atoms with Gasteiger partial charge < -0.3 is 23.7 Å². The van der Waals surface area contributed by atoms with E-state index in [9.17, 15) is 19.5 Å². The molecule has 8 atom stereocenters. The molecule has 1 aliphatic heterocycles. The maximum absolute atomic E-state index is 13.6. The second-order valence-corrected chi connectivity index (χ2v) is 12.7. The van der Waals surface area contributed by atoms with Gasteiger partial charge in [0.2, 0.25) is 0 Å². The minimum absolute atomic E-state index is 0.0516. The first-order valence-electron chi connectivity index (χ1n) is 14.8. The topological polar surface area (TPSA) is 125 Å². The number of carbonyl (C=O) groups excluding carboxylic acids is 2. The van der Waals surface area contributed by atoms with E-state index in [-0.39, 0.29) is 41.0 Å². The lowest BCUT2D eigenvalue weighted by molar-refractivity contribution is -0.243. The Hall–Kier alpha value is -3.98. The fourth-order valence-corrected chi connectivity index (χ4v) is 8.18. The third-order valence-corrected chi connectivity index (χ3v) is 10.2. The fraction of sp³-hybridized carbons (Fsp3) is 0.471. The minimum Gasteiger partial charge on any atom is -0.482 e. The molecule has 2 fully saturated rings. The molecule has 3 aliphatic rings. The van der Waals surface area contributed by atoms with Crippen molar-refractivity contribution < 1.29 is 33.3 Å². The fourth-order valence-electron chi connectivity index (χ4n) is 8.18. The third kappa shape index (κ3) is 4.74. The van der Waals surface area contributed by atoms with Crippen molar-refractivity contribution in [1.82, 2.24) is 4.98 Å². The van der Waals surface area contributed by atoms with Crippen LogP contribution in [0.3, 0.4) is 0 Å². The van der Waals surface area contributed by atoms with Gasteiger partial charge in [0.1, 0.15) is 34.9 Å². The van der Waals surface area contributed by atoms with E-state index < -0.39 is 40.7 Å². The molecule has 3 heterocycles. The van der Waals surface area contributed by atoms with Gasteiger partial charge in [-0.3, -0.25) is 9.78 Å². The predicted molar refractivity (Wildman–Crippen MR) is 156 cm³/mol. The Kier molecular flexibility index (Phi) is 7.19. The van der Waals surface area contributed by atoms with Crippen LogP contribution in [0.15, 0.2) is 64.1 Å². The Labute approximate surface area is 250 Å². The number of ether oxygens (including phenoxy) is 3. The molecule has 8 unspecified atom stereocenters. The lowest BCUT2D eigenvalue weighted by Crippen LogP contribution is -2.69. The average Bonchev–Trinajstić information content (AvgIpc) is 2.95. The van der Waals surface area contributed by atoms with E-state index >= 15 is 0 Å². The number of aromatic nitrogens is 1. The molecular formula is C34H37NO8. The number of nitrogens with zero attached hydrogens (tertiary/aromatic N) is 1. The predicted octanol–water partition coefficient (Wildman–Crippen LogP) is 5.42. The number of fused-ring (bicyclic) bond motifs is 4. The van der Waals surface area contributed by atoms with Crippen LogP contribution in [0.4, 0.5) is 0 Å². The molecule has 2 aliphatic carbocycles. The van der Waals surface area contributed by atoms with Gasteiger partial charge in [-0.25, -0.2) is 9.59 Å². The Balaban J connectivity index is 1.47. The first-order chi connectivity index (χ1) is 20.4. The summed E-state index contributed by atoms with van der Waals surface area (Å²) >= 11 is 0. The van der Waals surface area contributed by atoms with Crippen molar-refractivity contribution in [2.24, 2.45) is 23.2 Å². The lowest BCUT2D eigenvalue weighted by atomic mass is 9.46. The highest BCUT2D eigenvalue weighted by atomic mass is 16.6. The largest absolute Gasteiger partial charge is 0.482 e. The molecule has 1 N–H and O–H groups in total. The molecule has 226 valence electrons. The van der Waals surface area contributed by atoms with Crippen molar-refractivity contribution in [1.29, 1.82) is 0 Å². The van der Waals surface area contributed by atoms with Crippen molar-refractivity contribution in [3.05, 3.63) is 82.0 Å². The quantitative estimate of drug-likeness (QED) is 0.398. The number of rotatable bonds is 4. The van der Waals surface area contributed by atoms with Gasteiger partial charge in [-0.1, -0.05) is 32.0 Å². The van der Waals surface area contributed by atoms with Crippen molar-refractivity contribution in [3.63, 3.8) is 0 Å². The van der Waals surface area contributed by atoms with Gasteiger partial charge in [-0.05, 0) is 74.1 Å². The highest BCUT2D eigenvalue weighted by Crippen LogP contribution is 2.65. The average molecular weight is 588 g/mol. The molecule has 2 aromatic heterocycles. The van der Waals surface area contributed by atoms with E-state index in [4.69, 9.17) is 18.6 Å². The van der Waals surface area contributed by atoms with Gasteiger partial charge in [0.25, 0.3) is 0 Å². The molecule has 9 heteroatoms. The monoisotopic (exact) mass is 587 g/mol. The number of benzene rings is 1. The van der Waals surface area contributed by atoms with E-state index in [1.54, 1.807) is 42.7 Å². The van der Waals surface area contributed by atoms with Crippen molar-refractivity contribution in [3.8, 4) is 17.1 Å². The van der Waals surface area contributed by atoms with Gasteiger partial charge in [0, 0.05) is 36.9 Å². The van der Waals surface area contributed by atoms with Gasteiger partial charge in [0.05, 0.1) is 11.7 Å². The van der Waals surface area contributed by atoms with Crippen LogP contribution in [-0.2, 0) is 14.3 Å². The minimum atomic E-state index is -1.25. The Morgan fingerprint density at radius 2 is 1.88 bits per heavy atom. The van der Waals surface area contributed by atoms with Crippen molar-refractivity contribution in [2.75, 3.05) is 0 Å². The second-order valence-electron chi connectivity index (χ2n) is 12.7. The molecule has 0 bridgehead atoms. The van der Waals surface area contributed by atoms with Crippen LogP contribution in [0.5, 0.6) is 5.75 Å². The summed E-state index contributed by atoms with van der Waals surface area (Å²) in [4.78, 5) is 43.1. The summed E-state index contributed by atoms with van der Waals surface area (Å²) in [6, 6.07) is 12.3. The summed E-state index contributed by atoms with van der Waals surface area (Å²) in [5.74, 6) is -1.21. The summed E-state index contributed by atoms with van der Waals surface area (Å²) in [5, 5.41) is 12.1. The van der Waals surface area contributed by atoms with E-state index in [1.807, 2.05) is 32.9 Å². The van der Waals surface area contributed by atoms with E-state index in [0.717, 1.165) is 5.56 Å². The Bertz CT molecular complexity index is 1620. The summed E-state index contributed by atoms with van der Waals surface area (Å²) in [5.41, 5.74) is -0.552. The maximum Gasteiger partial charge on any atom is 0.345 e. The summed E-state index contributed by atoms with van der Waals surface area (Å²) in [7, 11) is 0. The SMILES string of the molecule is CC(=O)OC1CCC2(C)C(CC(OC(=O)c3ccccc3C)C3(C)Oc4cc(-c5cccnc5)oc(=O)c4C(O)C23)C1C. The van der Waals surface area contributed by atoms with E-state index in [2.05, 4.69) is 11.9 Å². The number of hydrogen-bond donors (Lipinski definition) is 1. The maximum atomic E-state index is 13.6. The second kappa shape index (κ2) is 10.6. The zero-order valence-corrected chi connectivity index (χ0v) is 25.0. The van der Waals surface area contributed by atoms with Crippen molar-refractivity contribution in [2.45, 2.75) is 77.8 Å². The van der Waals surface area contributed by atoms with E-state index in [1.165, 1.54) is 6.92 Å². The molecule has 3 aromatic rings. The highest BCUT2D eigenvalue weighted by molar-refractivity contribution is 5.91. The number of aryl methyl sites for hydroxylation is 1. The van der Waals surface area contributed by atoms with E-state index in [0.29, 0.717) is 30.4 Å². The van der Waals surface area contributed by atoms with Crippen LogP contribution >= 0.6 is 0 Å². The van der Waals surface area contributed by atoms with Gasteiger partial charge in [-0.2, -0.15) is 0 Å². The molecule has 6 rings (SSSR count). The van der Waals surface area contributed by atoms with Gasteiger partial charge in [-0.15, -0.1) is 0 Å². The Morgan fingerprint density at radius 1 is 1.12 bits per heavy atom. The highest BCUT2D eigenvalue weighted by Gasteiger charge is 2.68. The zero-order valence-electron chi connectivity index (χ0n) is 25.0. The van der Waals surface area contributed by atoms with Gasteiger partial charge in [0.15, 0.2) is 0 Å². The number of aliphatic hydroxyl groups is 1. The summed E-state index contributed by atoms with van der Waals surface area (Å²) < 4.78 is 24.4. The summed E-state index contributed by atoms with van der Waals surface area (Å²) in [6.45, 7) is 9.26. The molecule has 0 saturated heterocycles. The van der Waals surface area contributed by atoms with Gasteiger partial charge >= 0.3 is 17.6 Å². The smallest absolute Gasteiger partial charge is 0.345 e. The van der Waals surface area contributed by atoms with Crippen LogP contribution in [-0.4, -0.2) is 39.8 Å². The molecule has 0 radical (unpaired) electrons. The third-order valence-electron chi connectivity index (χ3n) is 10.2. The molecular weight excluding hydrogens is 550 g/mol.